The molecule has 1 heteroatoms. The number of hydrogen-bond donors (Lipinski definition) is 1. The van der Waals surface area contributed by atoms with Crippen molar-refractivity contribution in [2.75, 3.05) is 0 Å². The summed E-state index contributed by atoms with van der Waals surface area (Å²) in [5, 5.41) is 9.42. The van der Waals surface area contributed by atoms with Gasteiger partial charge in [-0.25, -0.2) is 0 Å². The van der Waals surface area contributed by atoms with E-state index >= 15 is 0 Å². The summed E-state index contributed by atoms with van der Waals surface area (Å²) < 4.78 is 0. The molecule has 0 heterocycles. The van der Waals surface area contributed by atoms with E-state index in [1.165, 1.54) is 18.4 Å². The van der Waals surface area contributed by atoms with Crippen LogP contribution in [0.2, 0.25) is 0 Å². The zero-order valence-electron chi connectivity index (χ0n) is 12.7. The molecular formula is C17H28O. The molecule has 102 valence electrons. The molecule has 1 rings (SSSR count). The lowest BCUT2D eigenvalue weighted by molar-refractivity contribution is 0.107. The molecule has 0 aliphatic rings. The number of hydrogen-bond acceptors (Lipinski definition) is 1. The van der Waals surface area contributed by atoms with E-state index in [0.29, 0.717) is 11.7 Å². The number of rotatable bonds is 5. The minimum Gasteiger partial charge on any atom is -0.508 e. The van der Waals surface area contributed by atoms with Gasteiger partial charge in [-0.05, 0) is 34.4 Å². The first-order valence-corrected chi connectivity index (χ1v) is 7.03. The van der Waals surface area contributed by atoms with Gasteiger partial charge in [0.2, 0.25) is 0 Å². The van der Waals surface area contributed by atoms with Crippen LogP contribution in [0.1, 0.15) is 59.9 Å². The van der Waals surface area contributed by atoms with Crippen LogP contribution in [-0.2, 0) is 5.41 Å². The average Bonchev–Trinajstić information content (AvgIpc) is 2.29. The molecule has 1 unspecified atom stereocenters. The average molecular weight is 248 g/mol. The number of aromatic hydroxyl groups is 1. The lowest BCUT2D eigenvalue weighted by Crippen LogP contribution is -2.41. The molecule has 1 nitrogen and oxygen atoms in total. The fourth-order valence-electron chi connectivity index (χ4n) is 2.66. The van der Waals surface area contributed by atoms with Crippen LogP contribution in [0.15, 0.2) is 24.3 Å². The van der Waals surface area contributed by atoms with E-state index in [4.69, 9.17) is 0 Å². The summed E-state index contributed by atoms with van der Waals surface area (Å²) >= 11 is 0. The van der Waals surface area contributed by atoms with Crippen LogP contribution in [-0.4, -0.2) is 5.11 Å². The molecule has 0 bridgehead atoms. The number of phenols is 1. The number of phenolic OH excluding ortho intramolecular Hbond substituents is 1. The molecule has 0 aliphatic carbocycles. The van der Waals surface area contributed by atoms with Gasteiger partial charge in [0.15, 0.2) is 0 Å². The van der Waals surface area contributed by atoms with E-state index in [2.05, 4.69) is 53.7 Å². The largest absolute Gasteiger partial charge is 0.508 e. The van der Waals surface area contributed by atoms with Gasteiger partial charge in [-0.15, -0.1) is 0 Å². The molecule has 0 fully saturated rings. The highest BCUT2D eigenvalue weighted by Gasteiger charge is 2.41. The molecule has 0 saturated heterocycles. The van der Waals surface area contributed by atoms with E-state index in [-0.39, 0.29) is 10.8 Å². The van der Waals surface area contributed by atoms with Crippen molar-refractivity contribution in [3.05, 3.63) is 29.8 Å². The normalized spacial score (nSPS) is 14.6. The third-order valence-electron chi connectivity index (χ3n) is 5.15. The maximum Gasteiger partial charge on any atom is 0.115 e. The van der Waals surface area contributed by atoms with Gasteiger partial charge in [0.05, 0.1) is 0 Å². The molecule has 0 aromatic heterocycles. The third kappa shape index (κ3) is 2.71. The van der Waals surface area contributed by atoms with Crippen LogP contribution in [0.25, 0.3) is 0 Å². The third-order valence-corrected chi connectivity index (χ3v) is 5.15. The summed E-state index contributed by atoms with van der Waals surface area (Å²) in [7, 11) is 0. The highest BCUT2D eigenvalue weighted by molar-refractivity contribution is 5.32. The fraction of sp³-hybridized carbons (Fsp3) is 0.647. The van der Waals surface area contributed by atoms with E-state index in [1.54, 1.807) is 12.1 Å². The van der Waals surface area contributed by atoms with Crippen molar-refractivity contribution in [1.82, 2.24) is 0 Å². The summed E-state index contributed by atoms with van der Waals surface area (Å²) in [6.45, 7) is 13.9. The van der Waals surface area contributed by atoms with Crippen molar-refractivity contribution in [2.45, 2.75) is 59.8 Å². The highest BCUT2D eigenvalue weighted by atomic mass is 16.3. The quantitative estimate of drug-likeness (QED) is 0.765. The summed E-state index contributed by atoms with van der Waals surface area (Å²) in [6.07, 6.45) is 2.49. The lowest BCUT2D eigenvalue weighted by Gasteiger charge is -2.46. The first-order chi connectivity index (χ1) is 8.23. The van der Waals surface area contributed by atoms with Gasteiger partial charge in [0.25, 0.3) is 0 Å². The van der Waals surface area contributed by atoms with Crippen molar-refractivity contribution >= 4 is 0 Å². The summed E-state index contributed by atoms with van der Waals surface area (Å²) in [4.78, 5) is 0. The second-order valence-electron chi connectivity index (χ2n) is 6.58. The maximum absolute atomic E-state index is 9.42. The Bertz CT molecular complexity index is 373. The first kappa shape index (κ1) is 15.1. The summed E-state index contributed by atoms with van der Waals surface area (Å²) in [6, 6.07) is 7.68. The van der Waals surface area contributed by atoms with Gasteiger partial charge in [-0.3, -0.25) is 0 Å². The second-order valence-corrected chi connectivity index (χ2v) is 6.58. The molecule has 1 aromatic carbocycles. The molecule has 0 aliphatic heterocycles. The van der Waals surface area contributed by atoms with Gasteiger partial charge in [0, 0.05) is 0 Å². The zero-order valence-corrected chi connectivity index (χ0v) is 12.7. The molecule has 0 saturated carbocycles. The van der Waals surface area contributed by atoms with Gasteiger partial charge >= 0.3 is 0 Å². The Hall–Kier alpha value is -0.980. The molecule has 0 amide bonds. The van der Waals surface area contributed by atoms with Crippen LogP contribution < -0.4 is 0 Å². The van der Waals surface area contributed by atoms with E-state index in [9.17, 15) is 5.11 Å². The standard InChI is InChI=1S/C17H28O/c1-7-8-13(2)16(3,4)17(5,6)14-9-11-15(18)12-10-14/h9-13,18H,7-8H2,1-6H3. The Kier molecular flexibility index (Phi) is 4.47. The Labute approximate surface area is 112 Å². The second kappa shape index (κ2) is 5.34. The van der Waals surface area contributed by atoms with Crippen LogP contribution >= 0.6 is 0 Å². The molecular weight excluding hydrogens is 220 g/mol. The van der Waals surface area contributed by atoms with Crippen molar-refractivity contribution in [3.63, 3.8) is 0 Å². The van der Waals surface area contributed by atoms with Gasteiger partial charge in [-0.1, -0.05) is 66.5 Å². The Morgan fingerprint density at radius 1 is 1.06 bits per heavy atom. The highest BCUT2D eigenvalue weighted by Crippen LogP contribution is 2.47. The van der Waals surface area contributed by atoms with Gasteiger partial charge in [-0.2, -0.15) is 0 Å². The van der Waals surface area contributed by atoms with Gasteiger partial charge in [0.1, 0.15) is 5.75 Å². The van der Waals surface area contributed by atoms with E-state index < -0.39 is 0 Å². The topological polar surface area (TPSA) is 20.2 Å². The van der Waals surface area contributed by atoms with E-state index in [0.717, 1.165) is 0 Å². The minimum absolute atomic E-state index is 0.0925. The molecule has 0 spiro atoms. The summed E-state index contributed by atoms with van der Waals surface area (Å²) in [5.41, 5.74) is 1.61. The van der Waals surface area contributed by atoms with Crippen molar-refractivity contribution < 1.29 is 5.11 Å². The molecule has 1 atom stereocenters. The molecule has 0 radical (unpaired) electrons. The van der Waals surface area contributed by atoms with Crippen LogP contribution in [0, 0.1) is 11.3 Å². The minimum atomic E-state index is 0.0925. The van der Waals surface area contributed by atoms with Crippen LogP contribution in [0.3, 0.4) is 0 Å². The monoisotopic (exact) mass is 248 g/mol. The predicted octanol–water partition coefficient (Wildman–Crippen LogP) is 5.13. The van der Waals surface area contributed by atoms with Crippen molar-refractivity contribution in [1.29, 1.82) is 0 Å². The predicted molar refractivity (Wildman–Crippen MR) is 79.0 cm³/mol. The van der Waals surface area contributed by atoms with E-state index in [1.807, 2.05) is 0 Å². The first-order valence-electron chi connectivity index (χ1n) is 7.03. The Morgan fingerprint density at radius 2 is 1.56 bits per heavy atom. The molecule has 18 heavy (non-hydrogen) atoms. The Balaban J connectivity index is 3.07. The van der Waals surface area contributed by atoms with Crippen molar-refractivity contribution in [2.24, 2.45) is 11.3 Å². The lowest BCUT2D eigenvalue weighted by atomic mass is 9.58. The summed E-state index contributed by atoms with van der Waals surface area (Å²) in [5.74, 6) is 1.01. The number of benzene rings is 1. The van der Waals surface area contributed by atoms with Crippen LogP contribution in [0.5, 0.6) is 5.75 Å². The fourth-order valence-corrected chi connectivity index (χ4v) is 2.66. The van der Waals surface area contributed by atoms with Gasteiger partial charge < -0.3 is 5.11 Å². The zero-order chi connectivity index (χ0) is 14.0. The molecule has 1 N–H and O–H groups in total. The molecule has 1 aromatic rings. The SMILES string of the molecule is CCCC(C)C(C)(C)C(C)(C)c1ccc(O)cc1. The van der Waals surface area contributed by atoms with Crippen molar-refractivity contribution in [3.8, 4) is 5.75 Å². The Morgan fingerprint density at radius 3 is 2.00 bits per heavy atom. The smallest absolute Gasteiger partial charge is 0.115 e. The van der Waals surface area contributed by atoms with Crippen LogP contribution in [0.4, 0.5) is 0 Å². The maximum atomic E-state index is 9.42.